The predicted molar refractivity (Wildman–Crippen MR) is 110 cm³/mol. The van der Waals surface area contributed by atoms with E-state index in [2.05, 4.69) is 40.5 Å². The zero-order valence-electron chi connectivity index (χ0n) is 16.1. The Labute approximate surface area is 159 Å². The van der Waals surface area contributed by atoms with E-state index in [4.69, 9.17) is 0 Å². The topological polar surface area (TPSA) is 66.9 Å². The van der Waals surface area contributed by atoms with Gasteiger partial charge in [0, 0.05) is 28.7 Å². The number of ketones is 1. The van der Waals surface area contributed by atoms with Gasteiger partial charge >= 0.3 is 0 Å². The first-order valence-electron chi connectivity index (χ1n) is 9.02. The molecular weight excluding hydrogens is 336 g/mol. The molecule has 138 valence electrons. The van der Waals surface area contributed by atoms with Crippen molar-refractivity contribution in [2.24, 2.45) is 0 Å². The van der Waals surface area contributed by atoms with Crippen molar-refractivity contribution in [2.75, 3.05) is 10.6 Å². The average molecular weight is 360 g/mol. The smallest absolute Gasteiger partial charge is 0.229 e. The van der Waals surface area contributed by atoms with Crippen LogP contribution >= 0.6 is 0 Å². The van der Waals surface area contributed by atoms with Crippen LogP contribution < -0.4 is 10.6 Å². The van der Waals surface area contributed by atoms with E-state index in [-0.39, 0.29) is 5.78 Å². The predicted octanol–water partition coefficient (Wildman–Crippen LogP) is 5.60. The maximum Gasteiger partial charge on any atom is 0.229 e. The molecule has 1 heterocycles. The standard InChI is InChI=1S/C22H24N4O/c1-14(2)19-10-5-6-11-20(19)25-22-23-15(3)12-21(26-22)24-18-9-7-8-17(13-18)16(4)27/h5-14H,1-4H3,(H2,23,24,25,26). The first-order valence-corrected chi connectivity index (χ1v) is 9.02. The van der Waals surface area contributed by atoms with Gasteiger partial charge in [0.2, 0.25) is 5.95 Å². The van der Waals surface area contributed by atoms with Crippen molar-refractivity contribution >= 4 is 28.9 Å². The lowest BCUT2D eigenvalue weighted by Crippen LogP contribution is -2.04. The summed E-state index contributed by atoms with van der Waals surface area (Å²) >= 11 is 0. The Balaban J connectivity index is 1.87. The number of nitrogens with zero attached hydrogens (tertiary/aromatic N) is 2. The summed E-state index contributed by atoms with van der Waals surface area (Å²) < 4.78 is 0. The number of rotatable bonds is 6. The van der Waals surface area contributed by atoms with Crippen molar-refractivity contribution in [3.63, 3.8) is 0 Å². The third-order valence-corrected chi connectivity index (χ3v) is 4.22. The van der Waals surface area contributed by atoms with Crippen LogP contribution in [0, 0.1) is 6.92 Å². The number of benzene rings is 2. The van der Waals surface area contributed by atoms with Gasteiger partial charge in [0.15, 0.2) is 5.78 Å². The van der Waals surface area contributed by atoms with E-state index in [1.54, 1.807) is 13.0 Å². The molecule has 1 aromatic heterocycles. The molecule has 0 spiro atoms. The maximum absolute atomic E-state index is 11.6. The van der Waals surface area contributed by atoms with Crippen LogP contribution in [0.3, 0.4) is 0 Å². The Bertz CT molecular complexity index is 966. The van der Waals surface area contributed by atoms with E-state index in [0.717, 1.165) is 17.1 Å². The summed E-state index contributed by atoms with van der Waals surface area (Å²) in [5.74, 6) is 1.64. The highest BCUT2D eigenvalue weighted by molar-refractivity contribution is 5.95. The van der Waals surface area contributed by atoms with Gasteiger partial charge in [-0.3, -0.25) is 4.79 Å². The molecule has 0 saturated heterocycles. The molecule has 5 heteroatoms. The lowest BCUT2D eigenvalue weighted by molar-refractivity contribution is 0.101. The van der Waals surface area contributed by atoms with E-state index in [0.29, 0.717) is 23.2 Å². The van der Waals surface area contributed by atoms with Crippen LogP contribution in [0.4, 0.5) is 23.1 Å². The van der Waals surface area contributed by atoms with Crippen LogP contribution in [0.5, 0.6) is 0 Å². The van der Waals surface area contributed by atoms with E-state index in [1.165, 1.54) is 5.56 Å². The molecule has 0 aliphatic heterocycles. The summed E-state index contributed by atoms with van der Waals surface area (Å²) in [6.45, 7) is 7.81. The van der Waals surface area contributed by atoms with Crippen LogP contribution in [-0.4, -0.2) is 15.8 Å². The van der Waals surface area contributed by atoms with E-state index in [1.807, 2.05) is 49.4 Å². The van der Waals surface area contributed by atoms with Gasteiger partial charge in [0.25, 0.3) is 0 Å². The van der Waals surface area contributed by atoms with Gasteiger partial charge in [0.05, 0.1) is 0 Å². The van der Waals surface area contributed by atoms with Gasteiger partial charge in [0.1, 0.15) is 5.82 Å². The fourth-order valence-corrected chi connectivity index (χ4v) is 2.89. The minimum absolute atomic E-state index is 0.0326. The van der Waals surface area contributed by atoms with Crippen LogP contribution in [0.25, 0.3) is 0 Å². The highest BCUT2D eigenvalue weighted by Crippen LogP contribution is 2.26. The highest BCUT2D eigenvalue weighted by atomic mass is 16.1. The van der Waals surface area contributed by atoms with Gasteiger partial charge in [-0.15, -0.1) is 0 Å². The molecule has 2 N–H and O–H groups in total. The number of hydrogen-bond donors (Lipinski definition) is 2. The molecule has 0 saturated carbocycles. The lowest BCUT2D eigenvalue weighted by atomic mass is 10.0. The molecule has 3 rings (SSSR count). The second-order valence-electron chi connectivity index (χ2n) is 6.85. The minimum atomic E-state index is 0.0326. The molecule has 0 radical (unpaired) electrons. The van der Waals surface area contributed by atoms with Crippen LogP contribution in [0.2, 0.25) is 0 Å². The summed E-state index contributed by atoms with van der Waals surface area (Å²) in [5, 5.41) is 6.59. The molecule has 0 bridgehead atoms. The molecular formula is C22H24N4O. The molecule has 0 unspecified atom stereocenters. The van der Waals surface area contributed by atoms with Crippen LogP contribution in [0.1, 0.15) is 48.3 Å². The Hall–Kier alpha value is -3.21. The number of carbonyl (C=O) groups is 1. The monoisotopic (exact) mass is 360 g/mol. The van der Waals surface area contributed by atoms with Crippen molar-refractivity contribution in [1.29, 1.82) is 0 Å². The van der Waals surface area contributed by atoms with Crippen LogP contribution in [-0.2, 0) is 0 Å². The van der Waals surface area contributed by atoms with Crippen molar-refractivity contribution < 1.29 is 4.79 Å². The molecule has 0 atom stereocenters. The zero-order chi connectivity index (χ0) is 19.4. The number of Topliss-reactive ketones (excluding diaryl/α,β-unsaturated/α-hetero) is 1. The van der Waals surface area contributed by atoms with Gasteiger partial charge in [-0.2, -0.15) is 4.98 Å². The third kappa shape index (κ3) is 4.70. The molecule has 0 fully saturated rings. The number of aryl methyl sites for hydroxylation is 1. The normalized spacial score (nSPS) is 10.7. The number of hydrogen-bond acceptors (Lipinski definition) is 5. The van der Waals surface area contributed by atoms with Gasteiger partial charge in [-0.25, -0.2) is 4.98 Å². The molecule has 0 aliphatic rings. The van der Waals surface area contributed by atoms with Crippen molar-refractivity contribution in [3.8, 4) is 0 Å². The minimum Gasteiger partial charge on any atom is -0.340 e. The first kappa shape index (κ1) is 18.6. The number of aromatic nitrogens is 2. The molecule has 0 amide bonds. The molecule has 27 heavy (non-hydrogen) atoms. The zero-order valence-corrected chi connectivity index (χ0v) is 16.1. The summed E-state index contributed by atoms with van der Waals surface area (Å²) in [4.78, 5) is 20.7. The molecule has 5 nitrogen and oxygen atoms in total. The third-order valence-electron chi connectivity index (χ3n) is 4.22. The highest BCUT2D eigenvalue weighted by Gasteiger charge is 2.09. The SMILES string of the molecule is CC(=O)c1cccc(Nc2cc(C)nc(Nc3ccccc3C(C)C)n2)c1. The summed E-state index contributed by atoms with van der Waals surface area (Å²) in [7, 11) is 0. The molecule has 2 aromatic carbocycles. The second-order valence-corrected chi connectivity index (χ2v) is 6.85. The average Bonchev–Trinajstić information content (AvgIpc) is 2.61. The number of nitrogens with one attached hydrogen (secondary N) is 2. The Morgan fingerprint density at radius 1 is 0.963 bits per heavy atom. The van der Waals surface area contributed by atoms with Crippen LogP contribution in [0.15, 0.2) is 54.6 Å². The quantitative estimate of drug-likeness (QED) is 0.560. The second kappa shape index (κ2) is 7.99. The fraction of sp³-hybridized carbons (Fsp3) is 0.227. The number of carbonyl (C=O) groups excluding carboxylic acids is 1. The van der Waals surface area contributed by atoms with Gasteiger partial charge in [-0.05, 0) is 43.5 Å². The maximum atomic E-state index is 11.6. The number of anilines is 4. The van der Waals surface area contributed by atoms with Crippen molar-refractivity contribution in [2.45, 2.75) is 33.6 Å². The fourth-order valence-electron chi connectivity index (χ4n) is 2.89. The number of para-hydroxylation sites is 1. The van der Waals surface area contributed by atoms with Gasteiger partial charge < -0.3 is 10.6 Å². The molecule has 0 aliphatic carbocycles. The van der Waals surface area contributed by atoms with E-state index in [9.17, 15) is 4.79 Å². The van der Waals surface area contributed by atoms with Crippen molar-refractivity contribution in [1.82, 2.24) is 9.97 Å². The largest absolute Gasteiger partial charge is 0.340 e. The van der Waals surface area contributed by atoms with Gasteiger partial charge in [-0.1, -0.05) is 44.2 Å². The first-order chi connectivity index (χ1) is 12.9. The Morgan fingerprint density at radius 2 is 1.74 bits per heavy atom. The summed E-state index contributed by atoms with van der Waals surface area (Å²) in [6, 6.07) is 17.4. The van der Waals surface area contributed by atoms with E-state index < -0.39 is 0 Å². The Morgan fingerprint density at radius 3 is 2.48 bits per heavy atom. The van der Waals surface area contributed by atoms with E-state index >= 15 is 0 Å². The Kier molecular flexibility index (Phi) is 5.50. The summed E-state index contributed by atoms with van der Waals surface area (Å²) in [6.07, 6.45) is 0. The molecule has 3 aromatic rings. The summed E-state index contributed by atoms with van der Waals surface area (Å²) in [5.41, 5.74) is 4.54. The van der Waals surface area contributed by atoms with Crippen molar-refractivity contribution in [3.05, 3.63) is 71.4 Å². The lowest BCUT2D eigenvalue weighted by Gasteiger charge is -2.15.